The van der Waals surface area contributed by atoms with Crippen LogP contribution in [-0.4, -0.2) is 21.2 Å². The van der Waals surface area contributed by atoms with E-state index in [2.05, 4.69) is 15.5 Å². The third kappa shape index (κ3) is 4.37. The maximum Gasteiger partial charge on any atom is 0.416 e. The summed E-state index contributed by atoms with van der Waals surface area (Å²) >= 11 is 11.6. The maximum absolute atomic E-state index is 12.5. The van der Waals surface area contributed by atoms with Gasteiger partial charge in [-0.15, -0.1) is 0 Å². The Balaban J connectivity index is 1.68. The van der Waals surface area contributed by atoms with Crippen molar-refractivity contribution in [2.45, 2.75) is 12.7 Å². The van der Waals surface area contributed by atoms with Crippen LogP contribution in [0.2, 0.25) is 10.0 Å². The molecule has 28 heavy (non-hydrogen) atoms. The van der Waals surface area contributed by atoms with Crippen molar-refractivity contribution in [2.24, 2.45) is 0 Å². The lowest BCUT2D eigenvalue weighted by Crippen LogP contribution is -2.24. The van der Waals surface area contributed by atoms with Crippen molar-refractivity contribution >= 4 is 29.1 Å². The number of aromatic hydroxyl groups is 1. The monoisotopic (exact) mass is 431 g/mol. The van der Waals surface area contributed by atoms with Crippen molar-refractivity contribution in [3.63, 3.8) is 0 Å². The zero-order valence-electron chi connectivity index (χ0n) is 13.7. The van der Waals surface area contributed by atoms with Crippen LogP contribution in [0.4, 0.5) is 13.2 Å². The largest absolute Gasteiger partial charge is 0.505 e. The van der Waals surface area contributed by atoms with Gasteiger partial charge in [0.15, 0.2) is 5.75 Å². The molecule has 0 bridgehead atoms. The second-order valence-electron chi connectivity index (χ2n) is 5.59. The summed E-state index contributed by atoms with van der Waals surface area (Å²) in [6.07, 6.45) is -4.43. The van der Waals surface area contributed by atoms with E-state index in [1.165, 1.54) is 24.3 Å². The van der Waals surface area contributed by atoms with Gasteiger partial charge in [-0.3, -0.25) is 4.79 Å². The van der Waals surface area contributed by atoms with Crippen LogP contribution in [0.1, 0.15) is 21.7 Å². The van der Waals surface area contributed by atoms with Crippen molar-refractivity contribution in [2.75, 3.05) is 0 Å². The van der Waals surface area contributed by atoms with E-state index in [4.69, 9.17) is 27.7 Å². The number of hydrogen-bond donors (Lipinski definition) is 2. The van der Waals surface area contributed by atoms with Gasteiger partial charge in [0.2, 0.25) is 0 Å². The number of benzene rings is 2. The molecule has 0 unspecified atom stereocenters. The summed E-state index contributed by atoms with van der Waals surface area (Å²) < 4.78 is 42.6. The molecule has 1 amide bonds. The zero-order valence-corrected chi connectivity index (χ0v) is 15.2. The Bertz CT molecular complexity index is 997. The Hall–Kier alpha value is -2.78. The zero-order chi connectivity index (χ0) is 20.5. The van der Waals surface area contributed by atoms with Gasteiger partial charge < -0.3 is 14.9 Å². The Labute approximate surface area is 165 Å². The number of nitrogens with zero attached hydrogens (tertiary/aromatic N) is 2. The predicted octanol–water partition coefficient (Wildman–Crippen LogP) is 4.70. The molecule has 2 N–H and O–H groups in total. The fraction of sp³-hybridized carbons (Fsp3) is 0.118. The van der Waals surface area contributed by atoms with Crippen molar-refractivity contribution < 1.29 is 27.6 Å². The Morgan fingerprint density at radius 3 is 2.32 bits per heavy atom. The standard InChI is InChI=1S/C17H10Cl2F3N3O3/c18-11-5-9(6-12(19)13(11)26)16-24-14(25-28-16)15(27)23-7-8-1-3-10(4-2-8)17(20,21)22/h1-6,26H,7H2,(H,23,27). The van der Waals surface area contributed by atoms with Gasteiger partial charge in [-0.05, 0) is 29.8 Å². The molecule has 146 valence electrons. The first-order chi connectivity index (χ1) is 13.1. The van der Waals surface area contributed by atoms with Crippen LogP contribution in [0.5, 0.6) is 5.75 Å². The van der Waals surface area contributed by atoms with Crippen molar-refractivity contribution in [1.29, 1.82) is 0 Å². The second kappa shape index (κ2) is 7.69. The minimum atomic E-state index is -4.43. The van der Waals surface area contributed by atoms with Crippen LogP contribution >= 0.6 is 23.2 Å². The molecule has 0 aliphatic heterocycles. The molecule has 0 fully saturated rings. The molecule has 0 saturated heterocycles. The van der Waals surface area contributed by atoms with Crippen LogP contribution in [0, 0.1) is 0 Å². The number of amides is 1. The van der Waals surface area contributed by atoms with Crippen LogP contribution in [0.25, 0.3) is 11.5 Å². The quantitative estimate of drug-likeness (QED) is 0.624. The average molecular weight is 432 g/mol. The number of aromatic nitrogens is 2. The fourth-order valence-corrected chi connectivity index (χ4v) is 2.68. The van der Waals surface area contributed by atoms with Crippen LogP contribution in [0.3, 0.4) is 0 Å². The lowest BCUT2D eigenvalue weighted by Gasteiger charge is -2.07. The molecule has 2 aromatic carbocycles. The molecule has 0 spiro atoms. The number of phenolic OH excluding ortho intramolecular Hbond substituents is 1. The smallest absolute Gasteiger partial charge is 0.416 e. The summed E-state index contributed by atoms with van der Waals surface area (Å²) in [5, 5.41) is 15.5. The number of hydrogen-bond acceptors (Lipinski definition) is 5. The highest BCUT2D eigenvalue weighted by atomic mass is 35.5. The molecular formula is C17H10Cl2F3N3O3. The molecule has 0 atom stereocenters. The van der Waals surface area contributed by atoms with E-state index >= 15 is 0 Å². The third-order valence-corrected chi connectivity index (χ3v) is 4.20. The van der Waals surface area contributed by atoms with E-state index < -0.39 is 17.6 Å². The van der Waals surface area contributed by atoms with Crippen LogP contribution in [0.15, 0.2) is 40.9 Å². The van der Waals surface area contributed by atoms with Crippen LogP contribution < -0.4 is 5.32 Å². The van der Waals surface area contributed by atoms with E-state index in [0.717, 1.165) is 12.1 Å². The topological polar surface area (TPSA) is 88.2 Å². The van der Waals surface area contributed by atoms with Crippen molar-refractivity contribution in [3.05, 3.63) is 63.4 Å². The third-order valence-electron chi connectivity index (χ3n) is 3.63. The van der Waals surface area contributed by atoms with E-state index in [-0.39, 0.29) is 34.1 Å². The van der Waals surface area contributed by atoms with E-state index in [9.17, 15) is 23.1 Å². The highest BCUT2D eigenvalue weighted by Crippen LogP contribution is 2.35. The predicted molar refractivity (Wildman–Crippen MR) is 94.0 cm³/mol. The van der Waals surface area contributed by atoms with E-state index in [1.54, 1.807) is 0 Å². The molecule has 11 heteroatoms. The molecule has 6 nitrogen and oxygen atoms in total. The lowest BCUT2D eigenvalue weighted by molar-refractivity contribution is -0.137. The summed E-state index contributed by atoms with van der Waals surface area (Å²) in [5.74, 6) is -1.34. The first kappa shape index (κ1) is 20.0. The molecule has 0 saturated carbocycles. The summed E-state index contributed by atoms with van der Waals surface area (Å²) in [4.78, 5) is 16.0. The molecule has 1 heterocycles. The van der Waals surface area contributed by atoms with Gasteiger partial charge in [-0.2, -0.15) is 18.2 Å². The van der Waals surface area contributed by atoms with Gasteiger partial charge in [0.25, 0.3) is 17.6 Å². The second-order valence-corrected chi connectivity index (χ2v) is 6.40. The van der Waals surface area contributed by atoms with Gasteiger partial charge in [-0.25, -0.2) is 0 Å². The molecule has 0 aliphatic rings. The summed E-state index contributed by atoms with van der Waals surface area (Å²) in [5.41, 5.74) is -0.0270. The Morgan fingerprint density at radius 1 is 1.14 bits per heavy atom. The number of carbonyl (C=O) groups is 1. The van der Waals surface area contributed by atoms with Crippen molar-refractivity contribution in [1.82, 2.24) is 15.5 Å². The molecule has 0 radical (unpaired) electrons. The van der Waals surface area contributed by atoms with Crippen LogP contribution in [-0.2, 0) is 12.7 Å². The van der Waals surface area contributed by atoms with Gasteiger partial charge in [0.05, 0.1) is 15.6 Å². The molecular weight excluding hydrogens is 422 g/mol. The van der Waals surface area contributed by atoms with E-state index in [1.807, 2.05) is 0 Å². The SMILES string of the molecule is O=C(NCc1ccc(C(F)(F)F)cc1)c1noc(-c2cc(Cl)c(O)c(Cl)c2)n1. The first-order valence-corrected chi connectivity index (χ1v) is 8.37. The molecule has 1 aromatic heterocycles. The first-order valence-electron chi connectivity index (χ1n) is 7.61. The molecule has 3 aromatic rings. The summed E-state index contributed by atoms with van der Waals surface area (Å²) in [6.45, 7) is -0.0301. The number of phenols is 1. The lowest BCUT2D eigenvalue weighted by atomic mass is 10.1. The van der Waals surface area contributed by atoms with Crippen molar-refractivity contribution in [3.8, 4) is 17.2 Å². The number of nitrogens with one attached hydrogen (secondary N) is 1. The average Bonchev–Trinajstić information content (AvgIpc) is 3.13. The number of carbonyl (C=O) groups excluding carboxylic acids is 1. The van der Waals surface area contributed by atoms with Gasteiger partial charge in [0.1, 0.15) is 0 Å². The number of halogens is 5. The number of rotatable bonds is 4. The Kier molecular flexibility index (Phi) is 5.48. The van der Waals surface area contributed by atoms with Gasteiger partial charge >= 0.3 is 6.18 Å². The highest BCUT2D eigenvalue weighted by Gasteiger charge is 2.29. The Morgan fingerprint density at radius 2 is 1.75 bits per heavy atom. The highest BCUT2D eigenvalue weighted by molar-refractivity contribution is 6.37. The minimum Gasteiger partial charge on any atom is -0.505 e. The minimum absolute atomic E-state index is 0.0301. The maximum atomic E-state index is 12.5. The van der Waals surface area contributed by atoms with Gasteiger partial charge in [0, 0.05) is 12.1 Å². The summed E-state index contributed by atoms with van der Waals surface area (Å²) in [7, 11) is 0. The number of alkyl halides is 3. The fourth-order valence-electron chi connectivity index (χ4n) is 2.19. The van der Waals surface area contributed by atoms with E-state index in [0.29, 0.717) is 11.1 Å². The van der Waals surface area contributed by atoms with Gasteiger partial charge in [-0.1, -0.05) is 40.5 Å². The molecule has 3 rings (SSSR count). The normalized spacial score (nSPS) is 11.5. The molecule has 0 aliphatic carbocycles. The summed E-state index contributed by atoms with van der Waals surface area (Å²) in [6, 6.07) is 7.02.